The Bertz CT molecular complexity index is 578. The first-order valence-corrected chi connectivity index (χ1v) is 6.42. The lowest BCUT2D eigenvalue weighted by atomic mass is 9.90. The molecule has 0 radical (unpaired) electrons. The molecule has 3 N–H and O–H groups in total. The van der Waals surface area contributed by atoms with Crippen molar-refractivity contribution in [1.82, 2.24) is 15.3 Å². The highest BCUT2D eigenvalue weighted by molar-refractivity contribution is 5.59. The first kappa shape index (κ1) is 11.3. The van der Waals surface area contributed by atoms with Crippen LogP contribution in [0.5, 0.6) is 0 Å². The molecule has 1 unspecified atom stereocenters. The fourth-order valence-electron chi connectivity index (χ4n) is 2.58. The number of aromatic amines is 2. The number of hydrogen-bond donors (Lipinski definition) is 3. The number of aromatic nitrogens is 2. The Hall–Kier alpha value is -1.81. The molecule has 1 fully saturated rings. The van der Waals surface area contributed by atoms with E-state index in [4.69, 9.17) is 0 Å². The molecule has 4 heteroatoms. The molecule has 94 valence electrons. The van der Waals surface area contributed by atoms with E-state index in [1.165, 1.54) is 18.4 Å². The van der Waals surface area contributed by atoms with Crippen molar-refractivity contribution in [2.24, 2.45) is 0 Å². The average Bonchev–Trinajstić information content (AvgIpc) is 2.87. The second kappa shape index (κ2) is 4.82. The Balaban J connectivity index is 1.91. The van der Waals surface area contributed by atoms with Crippen LogP contribution in [0.4, 0.5) is 0 Å². The van der Waals surface area contributed by atoms with Gasteiger partial charge in [0.1, 0.15) is 0 Å². The molecule has 2 heterocycles. The van der Waals surface area contributed by atoms with Gasteiger partial charge in [-0.2, -0.15) is 0 Å². The average molecular weight is 243 g/mol. The van der Waals surface area contributed by atoms with E-state index in [1.54, 1.807) is 6.20 Å². The van der Waals surface area contributed by atoms with Crippen LogP contribution in [0.3, 0.4) is 0 Å². The van der Waals surface area contributed by atoms with Gasteiger partial charge in [-0.15, -0.1) is 0 Å². The van der Waals surface area contributed by atoms with Crippen LogP contribution in [0, 0.1) is 0 Å². The second-order valence-corrected chi connectivity index (χ2v) is 4.83. The third-order valence-corrected chi connectivity index (χ3v) is 3.56. The zero-order valence-corrected chi connectivity index (χ0v) is 10.2. The van der Waals surface area contributed by atoms with Crippen LogP contribution in [0.1, 0.15) is 24.3 Å². The van der Waals surface area contributed by atoms with Gasteiger partial charge in [0.15, 0.2) is 0 Å². The number of imidazole rings is 1. The minimum absolute atomic E-state index is 0.158. The number of nitrogens with one attached hydrogen (secondary N) is 3. The predicted octanol–water partition coefficient (Wildman–Crippen LogP) is 1.84. The summed E-state index contributed by atoms with van der Waals surface area (Å²) in [5.41, 5.74) is 3.11. The minimum Gasteiger partial charge on any atom is -0.316 e. The fourth-order valence-corrected chi connectivity index (χ4v) is 2.58. The van der Waals surface area contributed by atoms with Crippen LogP contribution in [-0.4, -0.2) is 23.1 Å². The quantitative estimate of drug-likeness (QED) is 0.753. The van der Waals surface area contributed by atoms with Gasteiger partial charge in [0.05, 0.1) is 5.69 Å². The Morgan fingerprint density at radius 2 is 2.22 bits per heavy atom. The van der Waals surface area contributed by atoms with Gasteiger partial charge >= 0.3 is 5.69 Å². The zero-order valence-electron chi connectivity index (χ0n) is 10.2. The molecule has 1 aliphatic rings. The van der Waals surface area contributed by atoms with E-state index < -0.39 is 0 Å². The molecule has 18 heavy (non-hydrogen) atoms. The summed E-state index contributed by atoms with van der Waals surface area (Å²) in [5, 5.41) is 3.43. The van der Waals surface area contributed by atoms with Crippen LogP contribution < -0.4 is 11.0 Å². The number of hydrogen-bond acceptors (Lipinski definition) is 2. The predicted molar refractivity (Wildman–Crippen MR) is 71.7 cm³/mol. The molecule has 1 aromatic heterocycles. The van der Waals surface area contributed by atoms with Crippen molar-refractivity contribution < 1.29 is 0 Å². The molecule has 0 spiro atoms. The Kier molecular flexibility index (Phi) is 3.02. The normalized spacial score (nSPS) is 19.9. The highest BCUT2D eigenvalue weighted by atomic mass is 16.1. The fraction of sp³-hybridized carbons (Fsp3) is 0.357. The van der Waals surface area contributed by atoms with Crippen molar-refractivity contribution in [3.8, 4) is 11.3 Å². The SMILES string of the molecule is O=c1[nH]cc(-c2cccc(C3CCCNC3)c2)[nH]1. The smallest absolute Gasteiger partial charge is 0.316 e. The minimum atomic E-state index is -0.158. The molecule has 1 aliphatic heterocycles. The van der Waals surface area contributed by atoms with E-state index in [1.807, 2.05) is 6.07 Å². The lowest BCUT2D eigenvalue weighted by Crippen LogP contribution is -2.28. The molecule has 0 saturated carbocycles. The standard InChI is InChI=1S/C14H17N3O/c18-14-16-9-13(17-14)11-4-1-3-10(7-11)12-5-2-6-15-8-12/h1,3-4,7,9,12,15H,2,5-6,8H2,(H2,16,17,18). The molecule has 1 saturated heterocycles. The summed E-state index contributed by atoms with van der Waals surface area (Å²) in [6, 6.07) is 8.44. The van der Waals surface area contributed by atoms with Crippen molar-refractivity contribution in [3.05, 3.63) is 46.5 Å². The molecular weight excluding hydrogens is 226 g/mol. The van der Waals surface area contributed by atoms with Gasteiger partial charge in [-0.25, -0.2) is 4.79 Å². The Morgan fingerprint density at radius 3 is 2.94 bits per heavy atom. The van der Waals surface area contributed by atoms with Crippen LogP contribution in [0.25, 0.3) is 11.3 Å². The summed E-state index contributed by atoms with van der Waals surface area (Å²) in [6.45, 7) is 2.18. The Labute approximate surface area is 105 Å². The van der Waals surface area contributed by atoms with E-state index in [0.717, 1.165) is 24.3 Å². The molecule has 0 aliphatic carbocycles. The van der Waals surface area contributed by atoms with Crippen LogP contribution in [0.15, 0.2) is 35.3 Å². The summed E-state index contributed by atoms with van der Waals surface area (Å²) in [6.07, 6.45) is 4.19. The number of benzene rings is 1. The van der Waals surface area contributed by atoms with E-state index in [2.05, 4.69) is 33.5 Å². The molecule has 2 aromatic rings. The maximum atomic E-state index is 11.1. The van der Waals surface area contributed by atoms with E-state index >= 15 is 0 Å². The monoisotopic (exact) mass is 243 g/mol. The second-order valence-electron chi connectivity index (χ2n) is 4.83. The van der Waals surface area contributed by atoms with Crippen molar-refractivity contribution in [2.75, 3.05) is 13.1 Å². The largest absolute Gasteiger partial charge is 0.323 e. The molecule has 3 rings (SSSR count). The number of piperidine rings is 1. The molecular formula is C14H17N3O. The van der Waals surface area contributed by atoms with Gasteiger partial charge in [0.2, 0.25) is 0 Å². The maximum absolute atomic E-state index is 11.1. The van der Waals surface area contributed by atoms with Gasteiger partial charge in [0, 0.05) is 12.7 Å². The van der Waals surface area contributed by atoms with Crippen molar-refractivity contribution >= 4 is 0 Å². The maximum Gasteiger partial charge on any atom is 0.323 e. The summed E-state index contributed by atoms with van der Waals surface area (Å²) in [5.74, 6) is 0.587. The summed E-state index contributed by atoms with van der Waals surface area (Å²) < 4.78 is 0. The third-order valence-electron chi connectivity index (χ3n) is 3.56. The van der Waals surface area contributed by atoms with Gasteiger partial charge < -0.3 is 15.3 Å². The molecule has 0 bridgehead atoms. The van der Waals surface area contributed by atoms with Crippen LogP contribution in [-0.2, 0) is 0 Å². The highest BCUT2D eigenvalue weighted by Crippen LogP contribution is 2.26. The summed E-state index contributed by atoms with van der Waals surface area (Å²) in [4.78, 5) is 16.6. The molecule has 0 amide bonds. The topological polar surface area (TPSA) is 60.7 Å². The summed E-state index contributed by atoms with van der Waals surface area (Å²) >= 11 is 0. The first-order chi connectivity index (χ1) is 8.83. The Morgan fingerprint density at radius 1 is 1.28 bits per heavy atom. The molecule has 4 nitrogen and oxygen atoms in total. The van der Waals surface area contributed by atoms with Gasteiger partial charge in [-0.05, 0) is 42.5 Å². The van der Waals surface area contributed by atoms with Crippen LogP contribution >= 0.6 is 0 Å². The molecule has 1 atom stereocenters. The van der Waals surface area contributed by atoms with E-state index in [-0.39, 0.29) is 5.69 Å². The number of rotatable bonds is 2. The zero-order chi connectivity index (χ0) is 12.4. The van der Waals surface area contributed by atoms with E-state index in [0.29, 0.717) is 5.92 Å². The van der Waals surface area contributed by atoms with Crippen molar-refractivity contribution in [3.63, 3.8) is 0 Å². The van der Waals surface area contributed by atoms with Gasteiger partial charge in [0.25, 0.3) is 0 Å². The highest BCUT2D eigenvalue weighted by Gasteiger charge is 2.15. The van der Waals surface area contributed by atoms with Crippen molar-refractivity contribution in [1.29, 1.82) is 0 Å². The summed E-state index contributed by atoms with van der Waals surface area (Å²) in [7, 11) is 0. The lowest BCUT2D eigenvalue weighted by Gasteiger charge is -2.23. The van der Waals surface area contributed by atoms with Gasteiger partial charge in [-0.3, -0.25) is 0 Å². The molecule has 1 aromatic carbocycles. The van der Waals surface area contributed by atoms with Gasteiger partial charge in [-0.1, -0.05) is 18.2 Å². The lowest BCUT2D eigenvalue weighted by molar-refractivity contribution is 0.462. The third kappa shape index (κ3) is 2.24. The van der Waals surface area contributed by atoms with Crippen LogP contribution in [0.2, 0.25) is 0 Å². The van der Waals surface area contributed by atoms with E-state index in [9.17, 15) is 4.79 Å². The number of H-pyrrole nitrogens is 2. The first-order valence-electron chi connectivity index (χ1n) is 6.42. The van der Waals surface area contributed by atoms with Crippen molar-refractivity contribution in [2.45, 2.75) is 18.8 Å².